The third kappa shape index (κ3) is 2.46. The highest BCUT2D eigenvalue weighted by Gasteiger charge is 2.33. The molecule has 0 amide bonds. The van der Waals surface area contributed by atoms with E-state index < -0.39 is 11.9 Å². The summed E-state index contributed by atoms with van der Waals surface area (Å²) in [6.45, 7) is 0.803. The molecule has 0 aromatic carbocycles. The molecule has 1 aliphatic rings. The first-order valence-corrected chi connectivity index (χ1v) is 5.66. The van der Waals surface area contributed by atoms with E-state index in [1.807, 2.05) is 0 Å². The molecule has 0 bridgehead atoms. The maximum absolute atomic E-state index is 12.3. The summed E-state index contributed by atoms with van der Waals surface area (Å²) >= 11 is 1.71. The van der Waals surface area contributed by atoms with Crippen LogP contribution in [0.1, 0.15) is 17.6 Å². The Hall–Kier alpha value is -0.690. The molecule has 0 spiro atoms. The number of alkyl halides is 3. The molecule has 15 heavy (non-hydrogen) atoms. The fourth-order valence-electron chi connectivity index (χ4n) is 1.40. The highest BCUT2D eigenvalue weighted by atomic mass is 32.2. The third-order valence-electron chi connectivity index (χ3n) is 2.15. The molecule has 1 aliphatic heterocycles. The first kappa shape index (κ1) is 10.8. The fourth-order valence-corrected chi connectivity index (χ4v) is 2.34. The van der Waals surface area contributed by atoms with E-state index in [0.29, 0.717) is 5.82 Å². The molecule has 2 N–H and O–H groups in total. The van der Waals surface area contributed by atoms with Crippen molar-refractivity contribution in [1.29, 1.82) is 0 Å². The number of thioether (sulfide) groups is 1. The van der Waals surface area contributed by atoms with E-state index in [0.717, 1.165) is 24.2 Å². The van der Waals surface area contributed by atoms with Crippen LogP contribution in [-0.4, -0.2) is 28.0 Å². The van der Waals surface area contributed by atoms with Gasteiger partial charge in [0.15, 0.2) is 0 Å². The molecular weight excluding hydrogens is 227 g/mol. The van der Waals surface area contributed by atoms with Gasteiger partial charge in [-0.1, -0.05) is 0 Å². The van der Waals surface area contributed by atoms with Crippen molar-refractivity contribution in [2.45, 2.75) is 12.2 Å². The zero-order valence-electron chi connectivity index (χ0n) is 7.77. The Morgan fingerprint density at radius 3 is 2.80 bits per heavy atom. The number of hydrogen-bond acceptors (Lipinski definition) is 3. The minimum absolute atomic E-state index is 0.0974. The van der Waals surface area contributed by atoms with Crippen LogP contribution in [0.5, 0.6) is 0 Å². The van der Waals surface area contributed by atoms with Crippen LogP contribution >= 0.6 is 11.8 Å². The van der Waals surface area contributed by atoms with E-state index in [-0.39, 0.29) is 6.04 Å². The number of nitrogens with one attached hydrogen (secondary N) is 2. The molecule has 1 unspecified atom stereocenters. The van der Waals surface area contributed by atoms with Gasteiger partial charge in [-0.25, -0.2) is 4.98 Å². The van der Waals surface area contributed by atoms with Crippen molar-refractivity contribution >= 4 is 11.8 Å². The SMILES string of the molecule is FC(F)(F)c1cnc(C2CSCCN2)[nH]1. The molecule has 1 aromatic rings. The molecule has 2 heterocycles. The van der Waals surface area contributed by atoms with E-state index in [1.165, 1.54) is 0 Å². The third-order valence-corrected chi connectivity index (χ3v) is 3.21. The number of hydrogen-bond donors (Lipinski definition) is 2. The van der Waals surface area contributed by atoms with Gasteiger partial charge in [0.2, 0.25) is 0 Å². The Bertz CT molecular complexity index is 330. The Kier molecular flexibility index (Phi) is 2.92. The highest BCUT2D eigenvalue weighted by molar-refractivity contribution is 7.99. The van der Waals surface area contributed by atoms with Gasteiger partial charge in [-0.15, -0.1) is 0 Å². The first-order valence-electron chi connectivity index (χ1n) is 4.50. The maximum atomic E-state index is 12.3. The lowest BCUT2D eigenvalue weighted by atomic mass is 10.3. The topological polar surface area (TPSA) is 40.7 Å². The molecule has 3 nitrogen and oxygen atoms in total. The maximum Gasteiger partial charge on any atom is 0.432 e. The van der Waals surface area contributed by atoms with Gasteiger partial charge in [-0.05, 0) is 0 Å². The second kappa shape index (κ2) is 4.05. The van der Waals surface area contributed by atoms with Gasteiger partial charge in [-0.3, -0.25) is 0 Å². The average Bonchev–Trinajstić information content (AvgIpc) is 2.67. The van der Waals surface area contributed by atoms with Crippen LogP contribution < -0.4 is 5.32 Å². The predicted octanol–water partition coefficient (Wildman–Crippen LogP) is 1.81. The lowest BCUT2D eigenvalue weighted by Gasteiger charge is -2.21. The standard InChI is InChI=1S/C8H10F3N3S/c9-8(10,11)6-3-13-7(14-6)5-4-15-2-1-12-5/h3,5,12H,1-2,4H2,(H,13,14). The van der Waals surface area contributed by atoms with Gasteiger partial charge in [0.05, 0.1) is 12.2 Å². The minimum Gasteiger partial charge on any atom is -0.337 e. The van der Waals surface area contributed by atoms with Crippen LogP contribution in [0.4, 0.5) is 13.2 Å². The normalized spacial score (nSPS) is 23.0. The van der Waals surface area contributed by atoms with Crippen LogP contribution in [-0.2, 0) is 6.18 Å². The quantitative estimate of drug-likeness (QED) is 0.782. The van der Waals surface area contributed by atoms with E-state index in [1.54, 1.807) is 11.8 Å². The van der Waals surface area contributed by atoms with Gasteiger partial charge < -0.3 is 10.3 Å². The molecule has 1 atom stereocenters. The zero-order valence-corrected chi connectivity index (χ0v) is 8.58. The van der Waals surface area contributed by atoms with Crippen LogP contribution in [0.3, 0.4) is 0 Å². The Morgan fingerprint density at radius 2 is 2.27 bits per heavy atom. The van der Waals surface area contributed by atoms with Gasteiger partial charge >= 0.3 is 6.18 Å². The summed E-state index contributed by atoms with van der Waals surface area (Å²) in [6.07, 6.45) is -3.50. The number of H-pyrrole nitrogens is 1. The van der Waals surface area contributed by atoms with E-state index in [4.69, 9.17) is 0 Å². The lowest BCUT2D eigenvalue weighted by Crippen LogP contribution is -2.31. The molecule has 0 radical (unpaired) electrons. The molecule has 0 saturated carbocycles. The molecule has 84 valence electrons. The number of rotatable bonds is 1. The molecule has 1 saturated heterocycles. The van der Waals surface area contributed by atoms with Crippen LogP contribution in [0.2, 0.25) is 0 Å². The van der Waals surface area contributed by atoms with Crippen LogP contribution in [0, 0.1) is 0 Å². The summed E-state index contributed by atoms with van der Waals surface area (Å²) in [5.41, 5.74) is -0.783. The summed E-state index contributed by atoms with van der Waals surface area (Å²) in [6, 6.07) is -0.0974. The molecule has 1 fully saturated rings. The van der Waals surface area contributed by atoms with Crippen molar-refractivity contribution in [3.8, 4) is 0 Å². The van der Waals surface area contributed by atoms with E-state index >= 15 is 0 Å². The van der Waals surface area contributed by atoms with Gasteiger partial charge in [0, 0.05) is 18.1 Å². The lowest BCUT2D eigenvalue weighted by molar-refractivity contribution is -0.140. The van der Waals surface area contributed by atoms with Crippen molar-refractivity contribution in [1.82, 2.24) is 15.3 Å². The monoisotopic (exact) mass is 237 g/mol. The predicted molar refractivity (Wildman–Crippen MR) is 51.7 cm³/mol. The number of nitrogens with zero attached hydrogens (tertiary/aromatic N) is 1. The van der Waals surface area contributed by atoms with Crippen molar-refractivity contribution in [3.05, 3.63) is 17.7 Å². The number of aromatic amines is 1. The first-order chi connectivity index (χ1) is 7.07. The smallest absolute Gasteiger partial charge is 0.337 e. The largest absolute Gasteiger partial charge is 0.432 e. The van der Waals surface area contributed by atoms with Gasteiger partial charge in [-0.2, -0.15) is 24.9 Å². The highest BCUT2D eigenvalue weighted by Crippen LogP contribution is 2.29. The Balaban J connectivity index is 2.12. The van der Waals surface area contributed by atoms with E-state index in [9.17, 15) is 13.2 Å². The second-order valence-electron chi connectivity index (χ2n) is 3.26. The van der Waals surface area contributed by atoms with Gasteiger partial charge in [0.25, 0.3) is 0 Å². The van der Waals surface area contributed by atoms with Crippen molar-refractivity contribution in [2.24, 2.45) is 0 Å². The van der Waals surface area contributed by atoms with Crippen molar-refractivity contribution in [2.75, 3.05) is 18.1 Å². The molecule has 1 aromatic heterocycles. The summed E-state index contributed by atoms with van der Waals surface area (Å²) in [5, 5.41) is 3.12. The number of halogens is 3. The van der Waals surface area contributed by atoms with E-state index in [2.05, 4.69) is 15.3 Å². The summed E-state index contributed by atoms with van der Waals surface area (Å²) in [4.78, 5) is 6.07. The summed E-state index contributed by atoms with van der Waals surface area (Å²) in [5.74, 6) is 2.11. The minimum atomic E-state index is -4.34. The van der Waals surface area contributed by atoms with Crippen LogP contribution in [0.25, 0.3) is 0 Å². The van der Waals surface area contributed by atoms with Gasteiger partial charge in [0.1, 0.15) is 11.5 Å². The zero-order chi connectivity index (χ0) is 10.9. The molecule has 2 rings (SSSR count). The summed E-state index contributed by atoms with van der Waals surface area (Å²) < 4.78 is 36.8. The Morgan fingerprint density at radius 1 is 1.47 bits per heavy atom. The summed E-state index contributed by atoms with van der Waals surface area (Å²) in [7, 11) is 0. The molecule has 0 aliphatic carbocycles. The molecule has 7 heteroatoms. The fraction of sp³-hybridized carbons (Fsp3) is 0.625. The Labute approximate surface area is 88.8 Å². The number of imidazole rings is 1. The molecular formula is C8H10F3N3S. The number of aromatic nitrogens is 2. The average molecular weight is 237 g/mol. The second-order valence-corrected chi connectivity index (χ2v) is 4.41. The van der Waals surface area contributed by atoms with Crippen molar-refractivity contribution in [3.63, 3.8) is 0 Å². The van der Waals surface area contributed by atoms with Crippen molar-refractivity contribution < 1.29 is 13.2 Å². The van der Waals surface area contributed by atoms with Crippen LogP contribution in [0.15, 0.2) is 6.20 Å².